The van der Waals surface area contributed by atoms with E-state index in [2.05, 4.69) is 46.6 Å². The van der Waals surface area contributed by atoms with Crippen LogP contribution in [0.15, 0.2) is 48.1 Å². The molecule has 0 bridgehead atoms. The molecule has 1 rings (SSSR count). The number of hydrogen-bond donors (Lipinski definition) is 0. The van der Waals surface area contributed by atoms with E-state index in [0.29, 0.717) is 11.8 Å². The topological polar surface area (TPSA) is 0 Å². The Morgan fingerprint density at radius 2 is 1.67 bits per heavy atom. The van der Waals surface area contributed by atoms with Crippen LogP contribution in [-0.2, 0) is 0 Å². The molecule has 0 aromatic rings. The van der Waals surface area contributed by atoms with Crippen molar-refractivity contribution >= 4 is 0 Å². The molecule has 0 radical (unpaired) electrons. The van der Waals surface area contributed by atoms with Crippen LogP contribution in [0.2, 0.25) is 0 Å². The van der Waals surface area contributed by atoms with Crippen LogP contribution in [0, 0.1) is 11.8 Å². The average molecular weight is 202 g/mol. The van der Waals surface area contributed by atoms with Gasteiger partial charge in [-0.3, -0.25) is 0 Å². The highest BCUT2D eigenvalue weighted by Crippen LogP contribution is 2.40. The van der Waals surface area contributed by atoms with E-state index < -0.39 is 0 Å². The number of allylic oxidation sites excluding steroid dienone is 5. The van der Waals surface area contributed by atoms with E-state index in [1.807, 2.05) is 0 Å². The molecule has 0 nitrogen and oxygen atoms in total. The van der Waals surface area contributed by atoms with Crippen molar-refractivity contribution in [1.82, 2.24) is 0 Å². The molecule has 0 heterocycles. The first-order valence-corrected chi connectivity index (χ1v) is 5.67. The van der Waals surface area contributed by atoms with Gasteiger partial charge in [-0.15, -0.1) is 6.58 Å². The first-order valence-electron chi connectivity index (χ1n) is 5.67. The van der Waals surface area contributed by atoms with Gasteiger partial charge in [0.2, 0.25) is 0 Å². The van der Waals surface area contributed by atoms with Gasteiger partial charge in [-0.2, -0.15) is 0 Å². The van der Waals surface area contributed by atoms with Crippen molar-refractivity contribution in [1.29, 1.82) is 0 Å². The molecule has 0 heteroatoms. The largest absolute Gasteiger partial charge is 0.102 e. The molecule has 82 valence electrons. The Hall–Kier alpha value is -1.04. The second kappa shape index (κ2) is 4.65. The fraction of sp³-hybridized carbons (Fsp3) is 0.467. The van der Waals surface area contributed by atoms with Gasteiger partial charge in [0, 0.05) is 5.92 Å². The maximum atomic E-state index is 4.10. The molecule has 1 aliphatic carbocycles. The van der Waals surface area contributed by atoms with Crippen LogP contribution in [0.25, 0.3) is 0 Å². The lowest BCUT2D eigenvalue weighted by Crippen LogP contribution is -2.18. The van der Waals surface area contributed by atoms with Gasteiger partial charge >= 0.3 is 0 Å². The zero-order valence-corrected chi connectivity index (χ0v) is 10.3. The maximum absolute atomic E-state index is 4.10. The van der Waals surface area contributed by atoms with E-state index in [0.717, 1.165) is 0 Å². The molecule has 1 aliphatic rings. The lowest BCUT2D eigenvalue weighted by Gasteiger charge is -2.32. The Labute approximate surface area is 94.1 Å². The van der Waals surface area contributed by atoms with Crippen molar-refractivity contribution in [2.45, 2.75) is 33.6 Å². The molecule has 0 aromatic carbocycles. The Morgan fingerprint density at radius 3 is 2.07 bits per heavy atom. The van der Waals surface area contributed by atoms with Gasteiger partial charge in [-0.25, -0.2) is 0 Å². The van der Waals surface area contributed by atoms with Crippen LogP contribution in [0.3, 0.4) is 0 Å². The summed E-state index contributed by atoms with van der Waals surface area (Å²) in [7, 11) is 0. The SMILES string of the molecule is C=CC1CCC(C)C(C(=C)C)=C1C(=C)C. The summed E-state index contributed by atoms with van der Waals surface area (Å²) in [6.07, 6.45) is 4.48. The van der Waals surface area contributed by atoms with Gasteiger partial charge in [0.05, 0.1) is 0 Å². The molecular formula is C15H22. The van der Waals surface area contributed by atoms with E-state index in [4.69, 9.17) is 0 Å². The summed E-state index contributed by atoms with van der Waals surface area (Å²) in [4.78, 5) is 0. The fourth-order valence-electron chi connectivity index (χ4n) is 2.62. The Bertz CT molecular complexity index is 328. The monoisotopic (exact) mass is 202 g/mol. The van der Waals surface area contributed by atoms with E-state index in [1.165, 1.54) is 35.1 Å². The van der Waals surface area contributed by atoms with Crippen molar-refractivity contribution in [2.75, 3.05) is 0 Å². The van der Waals surface area contributed by atoms with Gasteiger partial charge in [0.1, 0.15) is 0 Å². The fourth-order valence-corrected chi connectivity index (χ4v) is 2.62. The van der Waals surface area contributed by atoms with Gasteiger partial charge in [-0.05, 0) is 43.8 Å². The minimum atomic E-state index is 0.477. The molecule has 0 aromatic heterocycles. The van der Waals surface area contributed by atoms with E-state index in [1.54, 1.807) is 0 Å². The van der Waals surface area contributed by atoms with Crippen LogP contribution < -0.4 is 0 Å². The van der Waals surface area contributed by atoms with Crippen LogP contribution in [0.4, 0.5) is 0 Å². The summed E-state index contributed by atoms with van der Waals surface area (Å²) < 4.78 is 0. The van der Waals surface area contributed by atoms with Crippen molar-refractivity contribution < 1.29 is 0 Å². The van der Waals surface area contributed by atoms with Crippen molar-refractivity contribution in [2.24, 2.45) is 11.8 Å². The van der Waals surface area contributed by atoms with Gasteiger partial charge < -0.3 is 0 Å². The minimum absolute atomic E-state index is 0.477. The molecule has 2 unspecified atom stereocenters. The second-order valence-electron chi connectivity index (χ2n) is 4.71. The van der Waals surface area contributed by atoms with Crippen molar-refractivity contribution in [3.8, 4) is 0 Å². The zero-order valence-electron chi connectivity index (χ0n) is 10.3. The average Bonchev–Trinajstić information content (AvgIpc) is 2.16. The van der Waals surface area contributed by atoms with Crippen LogP contribution in [0.1, 0.15) is 33.6 Å². The quantitative estimate of drug-likeness (QED) is 0.583. The summed E-state index contributed by atoms with van der Waals surface area (Å²) in [6.45, 7) is 18.6. The third-order valence-electron chi connectivity index (χ3n) is 3.27. The molecule has 0 N–H and O–H groups in total. The lowest BCUT2D eigenvalue weighted by atomic mass is 9.73. The summed E-state index contributed by atoms with van der Waals surface area (Å²) in [5.74, 6) is 1.09. The molecule has 0 saturated heterocycles. The molecule has 0 aliphatic heterocycles. The van der Waals surface area contributed by atoms with Crippen LogP contribution >= 0.6 is 0 Å². The van der Waals surface area contributed by atoms with Crippen molar-refractivity contribution in [3.05, 3.63) is 48.1 Å². The lowest BCUT2D eigenvalue weighted by molar-refractivity contribution is 0.490. The Morgan fingerprint density at radius 1 is 1.13 bits per heavy atom. The summed E-state index contributed by atoms with van der Waals surface area (Å²) in [5.41, 5.74) is 5.16. The summed E-state index contributed by atoms with van der Waals surface area (Å²) >= 11 is 0. The Kier molecular flexibility index (Phi) is 3.73. The van der Waals surface area contributed by atoms with Gasteiger partial charge in [-0.1, -0.05) is 37.3 Å². The summed E-state index contributed by atoms with van der Waals surface area (Å²) in [5, 5.41) is 0. The maximum Gasteiger partial charge on any atom is 0.00208 e. The Balaban J connectivity index is 3.30. The van der Waals surface area contributed by atoms with Crippen LogP contribution in [0.5, 0.6) is 0 Å². The highest BCUT2D eigenvalue weighted by Gasteiger charge is 2.26. The molecule has 0 spiro atoms. The molecular weight excluding hydrogens is 180 g/mol. The number of rotatable bonds is 3. The highest BCUT2D eigenvalue weighted by molar-refractivity contribution is 5.46. The third kappa shape index (κ3) is 2.31. The number of hydrogen-bond acceptors (Lipinski definition) is 0. The smallest absolute Gasteiger partial charge is 0.00208 e. The van der Waals surface area contributed by atoms with Gasteiger partial charge in [0.25, 0.3) is 0 Å². The van der Waals surface area contributed by atoms with Crippen LogP contribution in [-0.4, -0.2) is 0 Å². The standard InChI is InChI=1S/C15H22/c1-7-13-9-8-12(6)14(10(2)3)15(13)11(4)5/h7,12-13H,1-2,4,8-9H2,3,5-6H3. The van der Waals surface area contributed by atoms with E-state index in [9.17, 15) is 0 Å². The van der Waals surface area contributed by atoms with Gasteiger partial charge in [0.15, 0.2) is 0 Å². The normalized spacial score (nSPS) is 26.3. The second-order valence-corrected chi connectivity index (χ2v) is 4.71. The first-order chi connectivity index (χ1) is 6.99. The van der Waals surface area contributed by atoms with E-state index >= 15 is 0 Å². The predicted octanol–water partition coefficient (Wildman–Crippen LogP) is 4.67. The molecule has 0 amide bonds. The molecule has 2 atom stereocenters. The molecule has 0 saturated carbocycles. The first kappa shape index (κ1) is 12.0. The third-order valence-corrected chi connectivity index (χ3v) is 3.27. The highest BCUT2D eigenvalue weighted by atomic mass is 14.3. The van der Waals surface area contributed by atoms with Crippen molar-refractivity contribution in [3.63, 3.8) is 0 Å². The molecule has 0 fully saturated rings. The van der Waals surface area contributed by atoms with E-state index in [-0.39, 0.29) is 0 Å². The molecule has 15 heavy (non-hydrogen) atoms. The predicted molar refractivity (Wildman–Crippen MR) is 68.7 cm³/mol. The summed E-state index contributed by atoms with van der Waals surface area (Å²) in [6, 6.07) is 0. The zero-order chi connectivity index (χ0) is 11.6. The minimum Gasteiger partial charge on any atom is -0.102 e.